The third-order valence-corrected chi connectivity index (χ3v) is 10.8. The van der Waals surface area contributed by atoms with Crippen LogP contribution < -0.4 is 9.47 Å². The zero-order chi connectivity index (χ0) is 24.0. The van der Waals surface area contributed by atoms with Crippen molar-refractivity contribution >= 4 is 0 Å². The fourth-order valence-electron chi connectivity index (χ4n) is 9.26. The number of piperidine rings is 1. The van der Waals surface area contributed by atoms with Gasteiger partial charge in [0, 0.05) is 35.5 Å². The van der Waals surface area contributed by atoms with Crippen molar-refractivity contribution in [3.8, 4) is 11.5 Å². The summed E-state index contributed by atoms with van der Waals surface area (Å²) in [6, 6.07) is 13.5. The molecule has 2 spiro atoms. The SMILES string of the molecule is COc1ccc2c3c1O[C@@H]1C34CCN(C)[C@H](C2)C42CC[C@@]1(OC)[C@@H](COCc1ccccc1C)C2. The maximum Gasteiger partial charge on any atom is 0.165 e. The maximum atomic E-state index is 7.05. The number of hydrogen-bond acceptors (Lipinski definition) is 5. The molecule has 4 fully saturated rings. The summed E-state index contributed by atoms with van der Waals surface area (Å²) in [6.45, 7) is 4.62. The minimum atomic E-state index is -0.341. The molecule has 5 nitrogen and oxygen atoms in total. The molecule has 186 valence electrons. The molecule has 4 bridgehead atoms. The van der Waals surface area contributed by atoms with Crippen LogP contribution in [0.5, 0.6) is 11.5 Å². The first-order chi connectivity index (χ1) is 17.0. The molecule has 6 atom stereocenters. The molecule has 3 saturated carbocycles. The van der Waals surface area contributed by atoms with Crippen LogP contribution in [0, 0.1) is 18.3 Å². The Labute approximate surface area is 208 Å². The number of aryl methyl sites for hydroxylation is 1. The molecule has 2 unspecified atom stereocenters. The highest BCUT2D eigenvalue weighted by Crippen LogP contribution is 2.76. The summed E-state index contributed by atoms with van der Waals surface area (Å²) in [5.41, 5.74) is 5.31. The van der Waals surface area contributed by atoms with E-state index >= 15 is 0 Å². The number of fused-ring (bicyclic) bond motifs is 2. The fourth-order valence-corrected chi connectivity index (χ4v) is 9.26. The Bertz CT molecular complexity index is 1180. The van der Waals surface area contributed by atoms with Crippen LogP contribution in [0.15, 0.2) is 36.4 Å². The van der Waals surface area contributed by atoms with Gasteiger partial charge in [-0.1, -0.05) is 30.3 Å². The van der Waals surface area contributed by atoms with E-state index in [4.69, 9.17) is 18.9 Å². The number of methoxy groups -OCH3 is 2. The lowest BCUT2D eigenvalue weighted by Crippen LogP contribution is -2.81. The van der Waals surface area contributed by atoms with Gasteiger partial charge in [0.2, 0.25) is 0 Å². The molecule has 0 aromatic heterocycles. The summed E-state index contributed by atoms with van der Waals surface area (Å²) < 4.78 is 25.9. The second-order valence-corrected chi connectivity index (χ2v) is 11.7. The lowest BCUT2D eigenvalue weighted by molar-refractivity contribution is -0.282. The number of hydrogen-bond donors (Lipinski definition) is 0. The van der Waals surface area contributed by atoms with Crippen LogP contribution in [0.4, 0.5) is 0 Å². The van der Waals surface area contributed by atoms with Crippen LogP contribution in [-0.4, -0.2) is 57.1 Å². The molecule has 5 heteroatoms. The van der Waals surface area contributed by atoms with Crippen LogP contribution in [0.25, 0.3) is 0 Å². The molecule has 8 rings (SSSR count). The van der Waals surface area contributed by atoms with Gasteiger partial charge in [-0.05, 0) is 75.4 Å². The van der Waals surface area contributed by atoms with E-state index in [0.29, 0.717) is 25.2 Å². The largest absolute Gasteiger partial charge is 0.493 e. The minimum absolute atomic E-state index is 0.00239. The van der Waals surface area contributed by atoms with Gasteiger partial charge in [0.1, 0.15) is 11.7 Å². The topological polar surface area (TPSA) is 40.2 Å². The zero-order valence-electron chi connectivity index (χ0n) is 21.4. The predicted molar refractivity (Wildman–Crippen MR) is 134 cm³/mol. The molecule has 0 N–H and O–H groups in total. The number of ether oxygens (including phenoxy) is 4. The van der Waals surface area contributed by atoms with Crippen LogP contribution in [-0.2, 0) is 27.9 Å². The van der Waals surface area contributed by atoms with Crippen molar-refractivity contribution in [2.75, 3.05) is 34.4 Å². The van der Waals surface area contributed by atoms with Gasteiger partial charge >= 0.3 is 0 Å². The summed E-state index contributed by atoms with van der Waals surface area (Å²) >= 11 is 0. The average Bonchev–Trinajstić information content (AvgIpc) is 3.24. The molecule has 4 aliphatic carbocycles. The third-order valence-electron chi connectivity index (χ3n) is 10.8. The van der Waals surface area contributed by atoms with Crippen LogP contribution in [0.1, 0.15) is 47.9 Å². The van der Waals surface area contributed by atoms with Crippen LogP contribution >= 0.6 is 0 Å². The highest BCUT2D eigenvalue weighted by molar-refractivity contribution is 5.63. The average molecular weight is 476 g/mol. The molecule has 1 saturated heterocycles. The van der Waals surface area contributed by atoms with Crippen molar-refractivity contribution in [3.05, 3.63) is 58.7 Å². The Kier molecular flexibility index (Phi) is 4.73. The molecule has 2 aliphatic heterocycles. The first-order valence-electron chi connectivity index (χ1n) is 13.3. The monoisotopic (exact) mass is 475 g/mol. The number of nitrogens with zero attached hydrogens (tertiary/aromatic N) is 1. The summed E-state index contributed by atoms with van der Waals surface area (Å²) in [5, 5.41) is 0. The molecule has 0 radical (unpaired) electrons. The van der Waals surface area contributed by atoms with Gasteiger partial charge in [-0.3, -0.25) is 0 Å². The fraction of sp³-hybridized carbons (Fsp3) is 0.600. The van der Waals surface area contributed by atoms with Crippen LogP contribution in [0.3, 0.4) is 0 Å². The van der Waals surface area contributed by atoms with Gasteiger partial charge in [0.25, 0.3) is 0 Å². The predicted octanol–water partition coefficient (Wildman–Crippen LogP) is 4.66. The third kappa shape index (κ3) is 2.55. The van der Waals surface area contributed by atoms with Crippen molar-refractivity contribution < 1.29 is 18.9 Å². The Morgan fingerprint density at radius 2 is 1.94 bits per heavy atom. The van der Waals surface area contributed by atoms with E-state index in [1.54, 1.807) is 7.11 Å². The number of likely N-dealkylation sites (N-methyl/N-ethyl adjacent to an activating group) is 1. The Morgan fingerprint density at radius 3 is 2.74 bits per heavy atom. The highest BCUT2D eigenvalue weighted by atomic mass is 16.6. The first kappa shape index (κ1) is 22.1. The van der Waals surface area contributed by atoms with Gasteiger partial charge in [0.15, 0.2) is 11.5 Å². The zero-order valence-corrected chi connectivity index (χ0v) is 21.4. The van der Waals surface area contributed by atoms with Gasteiger partial charge in [-0.25, -0.2) is 0 Å². The normalized spacial score (nSPS) is 38.2. The number of benzene rings is 2. The summed E-state index contributed by atoms with van der Waals surface area (Å²) in [5.74, 6) is 2.17. The van der Waals surface area contributed by atoms with E-state index in [0.717, 1.165) is 43.7 Å². The molecule has 2 aromatic carbocycles. The number of rotatable bonds is 6. The molecular formula is C30H37NO4. The second kappa shape index (κ2) is 7.47. The van der Waals surface area contributed by atoms with Gasteiger partial charge < -0.3 is 23.8 Å². The Balaban J connectivity index is 1.31. The molecule has 2 aromatic rings. The van der Waals surface area contributed by atoms with Gasteiger partial charge in [0.05, 0.1) is 20.3 Å². The van der Waals surface area contributed by atoms with E-state index in [2.05, 4.69) is 55.3 Å². The molecule has 0 amide bonds. The molecule has 2 heterocycles. The van der Waals surface area contributed by atoms with E-state index in [-0.39, 0.29) is 22.5 Å². The minimum Gasteiger partial charge on any atom is -0.493 e. The Hall–Kier alpha value is -2.08. The quantitative estimate of drug-likeness (QED) is 0.608. The van der Waals surface area contributed by atoms with Gasteiger partial charge in [-0.15, -0.1) is 0 Å². The first-order valence-corrected chi connectivity index (χ1v) is 13.3. The summed E-state index contributed by atoms with van der Waals surface area (Å²) in [4.78, 5) is 2.64. The summed E-state index contributed by atoms with van der Waals surface area (Å²) in [6.07, 6.45) is 5.59. The van der Waals surface area contributed by atoms with Crippen LogP contribution in [0.2, 0.25) is 0 Å². The Morgan fingerprint density at radius 1 is 1.09 bits per heavy atom. The maximum absolute atomic E-state index is 7.05. The molecule has 6 aliphatic rings. The molecule has 35 heavy (non-hydrogen) atoms. The van der Waals surface area contributed by atoms with Crippen molar-refractivity contribution in [3.63, 3.8) is 0 Å². The second-order valence-electron chi connectivity index (χ2n) is 11.7. The van der Waals surface area contributed by atoms with Crippen molar-refractivity contribution in [1.82, 2.24) is 4.90 Å². The smallest absolute Gasteiger partial charge is 0.165 e. The lowest BCUT2D eigenvalue weighted by Gasteiger charge is -2.73. The van der Waals surface area contributed by atoms with E-state index < -0.39 is 0 Å². The number of likely N-dealkylation sites (tertiary alicyclic amines) is 1. The van der Waals surface area contributed by atoms with Crippen molar-refractivity contribution in [1.29, 1.82) is 0 Å². The van der Waals surface area contributed by atoms with E-state index in [1.807, 2.05) is 7.11 Å². The van der Waals surface area contributed by atoms with E-state index in [9.17, 15) is 0 Å². The van der Waals surface area contributed by atoms with E-state index in [1.165, 1.54) is 28.7 Å². The standard InChI is InChI=1S/C30H37NO4/c1-19-7-5-6-8-21(19)17-34-18-22-16-28-11-12-30(22,33-4)27-29(28)13-14-31(2)24(28)15-20-9-10-23(32-3)26(35-27)25(20)29/h5-10,22,24,27H,11-18H2,1-4H3/t22-,24-,27-,28?,29?,30-/m1/s1. The lowest BCUT2D eigenvalue weighted by atomic mass is 9.35. The van der Waals surface area contributed by atoms with Gasteiger partial charge in [-0.2, -0.15) is 0 Å². The summed E-state index contributed by atoms with van der Waals surface area (Å²) in [7, 11) is 6.01. The highest BCUT2D eigenvalue weighted by Gasteiger charge is 2.80. The molecular weight excluding hydrogens is 438 g/mol. The van der Waals surface area contributed by atoms with Crippen molar-refractivity contribution in [2.24, 2.45) is 11.3 Å². The van der Waals surface area contributed by atoms with Crippen molar-refractivity contribution in [2.45, 2.75) is 68.8 Å².